The largest absolute Gasteiger partial charge is 0.437 e. The summed E-state index contributed by atoms with van der Waals surface area (Å²) in [7, 11) is 0. The summed E-state index contributed by atoms with van der Waals surface area (Å²) >= 11 is 11.4. The lowest BCUT2D eigenvalue weighted by Gasteiger charge is -2.06. The van der Waals surface area contributed by atoms with Gasteiger partial charge >= 0.3 is 0 Å². The molecule has 0 N–H and O–H groups in total. The van der Waals surface area contributed by atoms with E-state index in [1.807, 2.05) is 0 Å². The van der Waals surface area contributed by atoms with E-state index in [2.05, 4.69) is 9.97 Å². The van der Waals surface area contributed by atoms with Crippen molar-refractivity contribution in [1.29, 1.82) is 5.26 Å². The molecule has 0 aliphatic heterocycles. The smallest absolute Gasteiger partial charge is 0.242 e. The van der Waals surface area contributed by atoms with Crippen molar-refractivity contribution in [3.8, 4) is 17.7 Å². The molecular formula is C11H4Cl2FN3O. The van der Waals surface area contributed by atoms with E-state index in [1.54, 1.807) is 6.07 Å². The van der Waals surface area contributed by atoms with Crippen molar-refractivity contribution >= 4 is 23.2 Å². The Morgan fingerprint density at radius 1 is 1.33 bits per heavy atom. The van der Waals surface area contributed by atoms with Crippen molar-refractivity contribution < 1.29 is 9.13 Å². The molecule has 1 heterocycles. The second-order valence-corrected chi connectivity index (χ2v) is 3.89. The number of rotatable bonds is 2. The van der Waals surface area contributed by atoms with Crippen LogP contribution in [0.15, 0.2) is 24.4 Å². The molecule has 90 valence electrons. The van der Waals surface area contributed by atoms with Crippen LogP contribution in [0.25, 0.3) is 0 Å². The molecule has 0 amide bonds. The topological polar surface area (TPSA) is 58.8 Å². The van der Waals surface area contributed by atoms with E-state index in [1.165, 1.54) is 18.3 Å². The predicted octanol–water partition coefficient (Wildman–Crippen LogP) is 3.59. The van der Waals surface area contributed by atoms with Crippen LogP contribution >= 0.6 is 23.2 Å². The highest BCUT2D eigenvalue weighted by Crippen LogP contribution is 2.28. The van der Waals surface area contributed by atoms with Gasteiger partial charge in [0.15, 0.2) is 0 Å². The van der Waals surface area contributed by atoms with Crippen LogP contribution in [-0.4, -0.2) is 9.97 Å². The molecule has 0 aliphatic rings. The van der Waals surface area contributed by atoms with Crippen LogP contribution in [0.5, 0.6) is 11.6 Å². The molecule has 18 heavy (non-hydrogen) atoms. The number of aromatic nitrogens is 2. The van der Waals surface area contributed by atoms with Crippen LogP contribution < -0.4 is 4.74 Å². The summed E-state index contributed by atoms with van der Waals surface area (Å²) < 4.78 is 18.6. The Kier molecular flexibility index (Phi) is 3.60. The fourth-order valence-electron chi connectivity index (χ4n) is 1.16. The van der Waals surface area contributed by atoms with Crippen molar-refractivity contribution in [2.75, 3.05) is 0 Å². The number of halogens is 3. The maximum atomic E-state index is 13.3. The fraction of sp³-hybridized carbons (Fsp3) is 0. The molecule has 4 nitrogen and oxygen atoms in total. The van der Waals surface area contributed by atoms with Crippen LogP contribution in [0, 0.1) is 17.1 Å². The Bertz CT molecular complexity index is 643. The van der Waals surface area contributed by atoms with Crippen LogP contribution in [-0.2, 0) is 0 Å². The summed E-state index contributed by atoms with van der Waals surface area (Å²) in [4.78, 5) is 7.40. The summed E-state index contributed by atoms with van der Waals surface area (Å²) in [6, 6.07) is 5.48. The number of benzene rings is 1. The van der Waals surface area contributed by atoms with Gasteiger partial charge in [0.05, 0.1) is 11.8 Å². The first-order valence-electron chi connectivity index (χ1n) is 4.65. The van der Waals surface area contributed by atoms with Crippen molar-refractivity contribution in [2.24, 2.45) is 0 Å². The van der Waals surface area contributed by atoms with E-state index >= 15 is 0 Å². The Hall–Kier alpha value is -1.90. The zero-order valence-electron chi connectivity index (χ0n) is 8.69. The molecular weight excluding hydrogens is 280 g/mol. The average Bonchev–Trinajstić information content (AvgIpc) is 2.34. The lowest BCUT2D eigenvalue weighted by atomic mass is 10.2. The van der Waals surface area contributed by atoms with E-state index in [4.69, 9.17) is 33.2 Å². The molecule has 1 aromatic heterocycles. The molecule has 0 atom stereocenters. The summed E-state index contributed by atoms with van der Waals surface area (Å²) in [5.41, 5.74) is -0.0748. The van der Waals surface area contributed by atoms with Crippen molar-refractivity contribution in [2.45, 2.75) is 0 Å². The van der Waals surface area contributed by atoms with E-state index in [0.717, 1.165) is 6.07 Å². The highest BCUT2D eigenvalue weighted by molar-refractivity contribution is 6.32. The second-order valence-electron chi connectivity index (χ2n) is 3.15. The van der Waals surface area contributed by atoms with Gasteiger partial charge in [0, 0.05) is 6.07 Å². The highest BCUT2D eigenvalue weighted by Gasteiger charge is 2.09. The maximum Gasteiger partial charge on any atom is 0.242 e. The third-order valence-corrected chi connectivity index (χ3v) is 2.40. The van der Waals surface area contributed by atoms with Gasteiger partial charge in [-0.25, -0.2) is 9.37 Å². The van der Waals surface area contributed by atoms with E-state index in [-0.39, 0.29) is 27.5 Å². The number of hydrogen-bond acceptors (Lipinski definition) is 4. The van der Waals surface area contributed by atoms with Crippen molar-refractivity contribution in [3.63, 3.8) is 0 Å². The summed E-state index contributed by atoms with van der Waals surface area (Å²) in [5.74, 6) is -0.518. The van der Waals surface area contributed by atoms with Gasteiger partial charge in [0.1, 0.15) is 22.7 Å². The lowest BCUT2D eigenvalue weighted by molar-refractivity contribution is 0.457. The zero-order chi connectivity index (χ0) is 13.1. The normalized spacial score (nSPS) is 9.89. The Morgan fingerprint density at radius 3 is 2.78 bits per heavy atom. The molecule has 1 aromatic carbocycles. The molecule has 0 aliphatic carbocycles. The minimum Gasteiger partial charge on any atom is -0.437 e. The third-order valence-electron chi connectivity index (χ3n) is 1.96. The SMILES string of the molecule is N#Cc1ccc(Oc2nc(Cl)ncc2Cl)cc1F. The van der Waals surface area contributed by atoms with Gasteiger partial charge < -0.3 is 4.74 Å². The van der Waals surface area contributed by atoms with Crippen LogP contribution in [0.2, 0.25) is 10.3 Å². The number of nitrogens with zero attached hydrogens (tertiary/aromatic N) is 3. The summed E-state index contributed by atoms with van der Waals surface area (Å²) in [6.07, 6.45) is 1.27. The summed E-state index contributed by atoms with van der Waals surface area (Å²) in [6.45, 7) is 0. The van der Waals surface area contributed by atoms with E-state index in [0.29, 0.717) is 0 Å². The molecule has 0 saturated carbocycles. The van der Waals surface area contributed by atoms with Crippen molar-refractivity contribution in [1.82, 2.24) is 9.97 Å². The first-order valence-corrected chi connectivity index (χ1v) is 5.41. The molecule has 0 saturated heterocycles. The van der Waals surface area contributed by atoms with Crippen LogP contribution in [0.4, 0.5) is 4.39 Å². The Labute approximate surface area is 112 Å². The third kappa shape index (κ3) is 2.67. The van der Waals surface area contributed by atoms with E-state index < -0.39 is 5.82 Å². The van der Waals surface area contributed by atoms with Gasteiger partial charge in [-0.1, -0.05) is 11.6 Å². The van der Waals surface area contributed by atoms with Crippen molar-refractivity contribution in [3.05, 3.63) is 46.1 Å². The van der Waals surface area contributed by atoms with Gasteiger partial charge in [-0.3, -0.25) is 0 Å². The molecule has 2 rings (SSSR count). The highest BCUT2D eigenvalue weighted by atomic mass is 35.5. The monoisotopic (exact) mass is 283 g/mol. The van der Waals surface area contributed by atoms with Gasteiger partial charge in [0.25, 0.3) is 0 Å². The average molecular weight is 284 g/mol. The minimum atomic E-state index is -0.689. The van der Waals surface area contributed by atoms with Gasteiger partial charge in [-0.2, -0.15) is 10.2 Å². The fourth-order valence-corrected chi connectivity index (χ4v) is 1.42. The maximum absolute atomic E-state index is 13.3. The quantitative estimate of drug-likeness (QED) is 0.791. The van der Waals surface area contributed by atoms with Crippen LogP contribution in [0.1, 0.15) is 5.56 Å². The Morgan fingerprint density at radius 2 is 2.11 bits per heavy atom. The van der Waals surface area contributed by atoms with Crippen LogP contribution in [0.3, 0.4) is 0 Å². The summed E-state index contributed by atoms with van der Waals surface area (Å²) in [5, 5.41) is 8.69. The molecule has 0 fully saturated rings. The second kappa shape index (κ2) is 5.17. The number of ether oxygens (including phenoxy) is 1. The first kappa shape index (κ1) is 12.6. The molecule has 0 bridgehead atoms. The predicted molar refractivity (Wildman–Crippen MR) is 63.2 cm³/mol. The van der Waals surface area contributed by atoms with Gasteiger partial charge in [-0.05, 0) is 23.7 Å². The lowest BCUT2D eigenvalue weighted by Crippen LogP contribution is -1.93. The Balaban J connectivity index is 2.32. The minimum absolute atomic E-state index is 0.0146. The van der Waals surface area contributed by atoms with Gasteiger partial charge in [-0.15, -0.1) is 0 Å². The van der Waals surface area contributed by atoms with Gasteiger partial charge in [0.2, 0.25) is 11.2 Å². The molecule has 0 unspecified atom stereocenters. The standard InChI is InChI=1S/C11H4Cl2FN3O/c12-8-5-16-11(13)17-10(8)18-7-2-1-6(4-15)9(14)3-7/h1-3,5H. The molecule has 2 aromatic rings. The first-order chi connectivity index (χ1) is 8.60. The number of nitriles is 1. The molecule has 7 heteroatoms. The molecule has 0 spiro atoms. The molecule has 0 radical (unpaired) electrons. The van der Waals surface area contributed by atoms with E-state index in [9.17, 15) is 4.39 Å². The zero-order valence-corrected chi connectivity index (χ0v) is 10.2. The number of hydrogen-bond donors (Lipinski definition) is 0.